The van der Waals surface area contributed by atoms with Gasteiger partial charge in [-0.2, -0.15) is 0 Å². The summed E-state index contributed by atoms with van der Waals surface area (Å²) in [4.78, 5) is 10.7. The van der Waals surface area contributed by atoms with Crippen LogP contribution < -0.4 is 0 Å². The number of aromatic hydroxyl groups is 1. The average Bonchev–Trinajstić information content (AvgIpc) is 2.48. The van der Waals surface area contributed by atoms with Gasteiger partial charge in [-0.1, -0.05) is 11.6 Å². The molecule has 72 valence electrons. The summed E-state index contributed by atoms with van der Waals surface area (Å²) in [5.41, 5.74) is 0.00728. The van der Waals surface area contributed by atoms with Crippen molar-refractivity contribution in [1.29, 1.82) is 0 Å². The molecule has 0 aliphatic carbocycles. The predicted octanol–water partition coefficient (Wildman–Crippen LogP) is 2.96. The molecule has 0 saturated heterocycles. The van der Waals surface area contributed by atoms with Gasteiger partial charge in [0.15, 0.2) is 0 Å². The lowest BCUT2D eigenvalue weighted by molar-refractivity contribution is 0.0697. The molecule has 0 aliphatic rings. The third kappa shape index (κ3) is 1.23. The first-order valence-corrected chi connectivity index (χ1v) is 4.99. The number of carboxylic acids is 1. The molecule has 2 rings (SSSR count). The van der Waals surface area contributed by atoms with Gasteiger partial charge in [-0.25, -0.2) is 4.79 Å². The van der Waals surface area contributed by atoms with Crippen molar-refractivity contribution in [3.05, 3.63) is 28.1 Å². The maximum atomic E-state index is 10.7. The van der Waals surface area contributed by atoms with Crippen molar-refractivity contribution in [3.63, 3.8) is 0 Å². The largest absolute Gasteiger partial charge is 0.506 e. The number of benzene rings is 1. The Balaban J connectivity index is 2.86. The monoisotopic (exact) mass is 228 g/mol. The van der Waals surface area contributed by atoms with Crippen LogP contribution in [-0.4, -0.2) is 16.2 Å². The van der Waals surface area contributed by atoms with Gasteiger partial charge in [-0.05, 0) is 12.1 Å². The van der Waals surface area contributed by atoms with E-state index in [0.717, 1.165) is 4.70 Å². The second-order valence-electron chi connectivity index (χ2n) is 2.73. The fraction of sp³-hybridized carbons (Fsp3) is 0. The van der Waals surface area contributed by atoms with Gasteiger partial charge >= 0.3 is 5.97 Å². The topological polar surface area (TPSA) is 57.5 Å². The summed E-state index contributed by atoms with van der Waals surface area (Å²) in [6.45, 7) is 0. The molecule has 0 unspecified atom stereocenters. The molecule has 0 amide bonds. The van der Waals surface area contributed by atoms with Crippen molar-refractivity contribution in [3.8, 4) is 5.75 Å². The summed E-state index contributed by atoms with van der Waals surface area (Å²) in [5.74, 6) is -1.07. The zero-order valence-electron chi connectivity index (χ0n) is 6.82. The zero-order valence-corrected chi connectivity index (χ0v) is 8.39. The third-order valence-corrected chi connectivity index (χ3v) is 3.22. The summed E-state index contributed by atoms with van der Waals surface area (Å²) in [6.07, 6.45) is 0. The summed E-state index contributed by atoms with van der Waals surface area (Å²) in [7, 11) is 0. The highest BCUT2D eigenvalue weighted by Gasteiger charge is 2.15. The van der Waals surface area contributed by atoms with E-state index in [1.165, 1.54) is 22.8 Å². The van der Waals surface area contributed by atoms with E-state index in [0.29, 0.717) is 5.39 Å². The Hall–Kier alpha value is -1.26. The van der Waals surface area contributed by atoms with E-state index in [1.54, 1.807) is 6.07 Å². The molecule has 0 aliphatic heterocycles. The van der Waals surface area contributed by atoms with Crippen LogP contribution >= 0.6 is 22.9 Å². The van der Waals surface area contributed by atoms with Crippen molar-refractivity contribution < 1.29 is 15.0 Å². The molecule has 0 saturated carbocycles. The van der Waals surface area contributed by atoms with Gasteiger partial charge in [0.25, 0.3) is 0 Å². The molecular weight excluding hydrogens is 224 g/mol. The van der Waals surface area contributed by atoms with Gasteiger partial charge in [-0.3, -0.25) is 0 Å². The van der Waals surface area contributed by atoms with Crippen molar-refractivity contribution in [2.75, 3.05) is 0 Å². The SMILES string of the molecule is O=C(O)c1ccc2scc(O)c2c1Cl. The minimum Gasteiger partial charge on any atom is -0.506 e. The zero-order chi connectivity index (χ0) is 10.3. The molecule has 0 bridgehead atoms. The molecule has 5 heteroatoms. The fourth-order valence-electron chi connectivity index (χ4n) is 1.24. The first-order chi connectivity index (χ1) is 6.61. The molecule has 0 spiro atoms. The van der Waals surface area contributed by atoms with E-state index in [2.05, 4.69) is 0 Å². The maximum absolute atomic E-state index is 10.7. The van der Waals surface area contributed by atoms with Crippen LogP contribution in [0.15, 0.2) is 17.5 Å². The van der Waals surface area contributed by atoms with Gasteiger partial charge in [0, 0.05) is 10.1 Å². The molecule has 1 aromatic carbocycles. The number of halogens is 1. The smallest absolute Gasteiger partial charge is 0.337 e. The predicted molar refractivity (Wildman–Crippen MR) is 55.5 cm³/mol. The van der Waals surface area contributed by atoms with Crippen LogP contribution in [0, 0.1) is 0 Å². The molecule has 2 aromatic rings. The van der Waals surface area contributed by atoms with E-state index < -0.39 is 5.97 Å². The highest BCUT2D eigenvalue weighted by Crippen LogP contribution is 2.38. The van der Waals surface area contributed by atoms with Gasteiger partial charge in [0.1, 0.15) is 5.75 Å². The molecule has 2 N–H and O–H groups in total. The van der Waals surface area contributed by atoms with Gasteiger partial charge in [0.05, 0.1) is 16.0 Å². The molecule has 14 heavy (non-hydrogen) atoms. The minimum atomic E-state index is -1.09. The molecule has 0 radical (unpaired) electrons. The molecule has 3 nitrogen and oxygen atoms in total. The number of fused-ring (bicyclic) bond motifs is 1. The molecule has 0 atom stereocenters. The van der Waals surface area contributed by atoms with Crippen molar-refractivity contribution >= 4 is 39.0 Å². The lowest BCUT2D eigenvalue weighted by Crippen LogP contribution is -1.96. The first-order valence-electron chi connectivity index (χ1n) is 3.73. The summed E-state index contributed by atoms with van der Waals surface area (Å²) in [6, 6.07) is 3.07. The van der Waals surface area contributed by atoms with Crippen LogP contribution in [0.25, 0.3) is 10.1 Å². The van der Waals surface area contributed by atoms with Gasteiger partial charge in [0.2, 0.25) is 0 Å². The first kappa shape index (κ1) is 9.30. The number of hydrogen-bond acceptors (Lipinski definition) is 3. The molecule has 1 aromatic heterocycles. The summed E-state index contributed by atoms with van der Waals surface area (Å²) >= 11 is 7.17. The van der Waals surface area contributed by atoms with Gasteiger partial charge in [-0.15, -0.1) is 11.3 Å². The minimum absolute atomic E-state index is 0.00728. The Bertz CT molecular complexity index is 518. The number of carboxylic acid groups (broad SMARTS) is 1. The highest BCUT2D eigenvalue weighted by molar-refractivity contribution is 7.17. The maximum Gasteiger partial charge on any atom is 0.337 e. The van der Waals surface area contributed by atoms with E-state index in [-0.39, 0.29) is 16.3 Å². The Morgan fingerprint density at radius 2 is 2.14 bits per heavy atom. The van der Waals surface area contributed by atoms with Crippen LogP contribution in [0.4, 0.5) is 0 Å². The second-order valence-corrected chi connectivity index (χ2v) is 4.02. The van der Waals surface area contributed by atoms with Crippen molar-refractivity contribution in [2.24, 2.45) is 0 Å². The number of aromatic carboxylic acids is 1. The Kier molecular flexibility index (Phi) is 2.09. The fourth-order valence-corrected chi connectivity index (χ4v) is 2.46. The van der Waals surface area contributed by atoms with E-state index in [9.17, 15) is 9.90 Å². The van der Waals surface area contributed by atoms with E-state index in [4.69, 9.17) is 16.7 Å². The molecule has 0 fully saturated rings. The number of hydrogen-bond donors (Lipinski definition) is 2. The average molecular weight is 229 g/mol. The van der Waals surface area contributed by atoms with Crippen LogP contribution in [0.2, 0.25) is 5.02 Å². The lowest BCUT2D eigenvalue weighted by atomic mass is 10.1. The Morgan fingerprint density at radius 3 is 2.79 bits per heavy atom. The number of rotatable bonds is 1. The van der Waals surface area contributed by atoms with Crippen molar-refractivity contribution in [1.82, 2.24) is 0 Å². The van der Waals surface area contributed by atoms with Crippen LogP contribution in [0.1, 0.15) is 10.4 Å². The standard InChI is InChI=1S/C9H5ClO3S/c10-8-4(9(12)13)1-2-6-7(8)5(11)3-14-6/h1-3,11H,(H,12,13). The summed E-state index contributed by atoms with van der Waals surface area (Å²) < 4.78 is 0.775. The van der Waals surface area contributed by atoms with Crippen LogP contribution in [0.5, 0.6) is 5.75 Å². The Morgan fingerprint density at radius 1 is 1.43 bits per heavy atom. The van der Waals surface area contributed by atoms with Crippen LogP contribution in [-0.2, 0) is 0 Å². The number of thiophene rings is 1. The third-order valence-electron chi connectivity index (χ3n) is 1.89. The molecule has 1 heterocycles. The number of carbonyl (C=O) groups is 1. The van der Waals surface area contributed by atoms with Gasteiger partial charge < -0.3 is 10.2 Å². The lowest BCUT2D eigenvalue weighted by Gasteiger charge is -2.00. The van der Waals surface area contributed by atoms with Crippen molar-refractivity contribution in [2.45, 2.75) is 0 Å². The quantitative estimate of drug-likeness (QED) is 0.789. The Labute approximate surface area is 88.2 Å². The highest BCUT2D eigenvalue weighted by atomic mass is 35.5. The van der Waals surface area contributed by atoms with E-state index >= 15 is 0 Å². The van der Waals surface area contributed by atoms with Crippen LogP contribution in [0.3, 0.4) is 0 Å². The molecular formula is C9H5ClO3S. The van der Waals surface area contributed by atoms with E-state index in [1.807, 2.05) is 0 Å². The summed E-state index contributed by atoms with van der Waals surface area (Å²) in [5, 5.41) is 20.3. The second kappa shape index (κ2) is 3.15. The normalized spacial score (nSPS) is 10.6.